The summed E-state index contributed by atoms with van der Waals surface area (Å²) in [6.45, 7) is 4.07. The van der Waals surface area contributed by atoms with Crippen LogP contribution in [-0.2, 0) is 10.2 Å². The molecule has 4 rings (SSSR count). The second-order valence-electron chi connectivity index (χ2n) is 7.14. The monoisotopic (exact) mass is 305 g/mol. The third kappa shape index (κ3) is 2.04. The van der Waals surface area contributed by atoms with Gasteiger partial charge in [0.25, 0.3) is 0 Å². The molecule has 2 atom stereocenters. The molecule has 1 amide bonds. The summed E-state index contributed by atoms with van der Waals surface area (Å²) in [5.41, 5.74) is 5.00. The summed E-state index contributed by atoms with van der Waals surface area (Å²) < 4.78 is 0. The van der Waals surface area contributed by atoms with Crippen LogP contribution in [0.4, 0.5) is 5.69 Å². The standard InChI is InChI=1S/C21H23NO/c1-15(23)22-19-13-6-7-14-21(19,2)18-12-8-11-17(20(18)22)16-9-4-3-5-10-16/h3-5,8-12,19H,6-7,13-14H2,1-2H3/t19-,21-/m0/s1. The number of nitrogens with zero attached hydrogens (tertiary/aromatic N) is 1. The zero-order chi connectivity index (χ0) is 16.0. The molecule has 1 saturated carbocycles. The Kier molecular flexibility index (Phi) is 3.29. The molecule has 2 aromatic rings. The van der Waals surface area contributed by atoms with Gasteiger partial charge in [0.1, 0.15) is 0 Å². The van der Waals surface area contributed by atoms with Gasteiger partial charge in [-0.25, -0.2) is 0 Å². The number of amides is 1. The Morgan fingerprint density at radius 1 is 1.09 bits per heavy atom. The molecule has 23 heavy (non-hydrogen) atoms. The molecule has 2 heteroatoms. The van der Waals surface area contributed by atoms with E-state index in [4.69, 9.17) is 0 Å². The summed E-state index contributed by atoms with van der Waals surface area (Å²) in [5.74, 6) is 0.172. The Morgan fingerprint density at radius 2 is 1.87 bits per heavy atom. The molecule has 0 bridgehead atoms. The number of hydrogen-bond donors (Lipinski definition) is 0. The lowest BCUT2D eigenvalue weighted by Gasteiger charge is -2.39. The number of carbonyl (C=O) groups is 1. The number of benzene rings is 2. The van der Waals surface area contributed by atoms with E-state index in [1.165, 1.54) is 36.0 Å². The van der Waals surface area contributed by atoms with Crippen LogP contribution in [0.3, 0.4) is 0 Å². The molecular weight excluding hydrogens is 282 g/mol. The minimum Gasteiger partial charge on any atom is -0.308 e. The molecule has 0 unspecified atom stereocenters. The van der Waals surface area contributed by atoms with Gasteiger partial charge in [-0.15, -0.1) is 0 Å². The van der Waals surface area contributed by atoms with Crippen LogP contribution in [0.15, 0.2) is 48.5 Å². The van der Waals surface area contributed by atoms with Gasteiger partial charge in [0, 0.05) is 23.9 Å². The normalized spacial score (nSPS) is 25.8. The zero-order valence-electron chi connectivity index (χ0n) is 13.9. The van der Waals surface area contributed by atoms with Crippen molar-refractivity contribution in [1.29, 1.82) is 0 Å². The maximum absolute atomic E-state index is 12.5. The highest BCUT2D eigenvalue weighted by molar-refractivity contribution is 6.01. The molecule has 1 aliphatic carbocycles. The van der Waals surface area contributed by atoms with Gasteiger partial charge in [-0.1, -0.05) is 68.3 Å². The molecular formula is C21H23NO. The van der Waals surface area contributed by atoms with Gasteiger partial charge in [-0.3, -0.25) is 4.79 Å². The number of fused-ring (bicyclic) bond motifs is 3. The third-order valence-electron chi connectivity index (χ3n) is 5.79. The Bertz CT molecular complexity index is 752. The zero-order valence-corrected chi connectivity index (χ0v) is 13.9. The summed E-state index contributed by atoms with van der Waals surface area (Å²) in [5, 5.41) is 0. The minimum absolute atomic E-state index is 0.101. The number of rotatable bonds is 1. The van der Waals surface area contributed by atoms with Crippen LogP contribution in [0.2, 0.25) is 0 Å². The predicted octanol–water partition coefficient (Wildman–Crippen LogP) is 4.92. The SMILES string of the molecule is CC(=O)N1c2c(-c3ccccc3)cccc2[C@]2(C)CCCC[C@H]12. The van der Waals surface area contributed by atoms with E-state index in [2.05, 4.69) is 54.3 Å². The van der Waals surface area contributed by atoms with Crippen LogP contribution in [0.1, 0.15) is 45.1 Å². The van der Waals surface area contributed by atoms with Crippen molar-refractivity contribution in [3.63, 3.8) is 0 Å². The Hall–Kier alpha value is -2.09. The third-order valence-corrected chi connectivity index (χ3v) is 5.79. The van der Waals surface area contributed by atoms with Crippen LogP contribution in [0.25, 0.3) is 11.1 Å². The molecule has 118 valence electrons. The number of carbonyl (C=O) groups excluding carboxylic acids is 1. The van der Waals surface area contributed by atoms with E-state index >= 15 is 0 Å². The molecule has 0 spiro atoms. The second-order valence-corrected chi connectivity index (χ2v) is 7.14. The van der Waals surface area contributed by atoms with E-state index < -0.39 is 0 Å². The summed E-state index contributed by atoms with van der Waals surface area (Å²) >= 11 is 0. The molecule has 0 radical (unpaired) electrons. The van der Waals surface area contributed by atoms with Crippen LogP contribution in [0.5, 0.6) is 0 Å². The van der Waals surface area contributed by atoms with E-state index in [9.17, 15) is 4.79 Å². The lowest BCUT2D eigenvalue weighted by Crippen LogP contribution is -2.47. The Balaban J connectivity index is 1.97. The summed E-state index contributed by atoms with van der Waals surface area (Å²) in [4.78, 5) is 14.6. The fourth-order valence-corrected chi connectivity index (χ4v) is 4.69. The first-order chi connectivity index (χ1) is 11.1. The smallest absolute Gasteiger partial charge is 0.224 e. The van der Waals surface area contributed by atoms with Gasteiger partial charge < -0.3 is 4.90 Å². The predicted molar refractivity (Wildman–Crippen MR) is 94.6 cm³/mol. The largest absolute Gasteiger partial charge is 0.308 e. The van der Waals surface area contributed by atoms with E-state index in [0.29, 0.717) is 6.04 Å². The van der Waals surface area contributed by atoms with Crippen molar-refractivity contribution in [2.75, 3.05) is 4.90 Å². The fourth-order valence-electron chi connectivity index (χ4n) is 4.69. The minimum atomic E-state index is 0.101. The van der Waals surface area contributed by atoms with Crippen LogP contribution < -0.4 is 4.90 Å². The van der Waals surface area contributed by atoms with Gasteiger partial charge in [-0.2, -0.15) is 0 Å². The van der Waals surface area contributed by atoms with Crippen molar-refractivity contribution in [3.05, 3.63) is 54.1 Å². The highest BCUT2D eigenvalue weighted by Gasteiger charge is 2.50. The highest BCUT2D eigenvalue weighted by atomic mass is 16.2. The summed E-state index contributed by atoms with van der Waals surface area (Å²) in [6.07, 6.45) is 4.76. The molecule has 1 aliphatic heterocycles. The molecule has 0 aromatic heterocycles. The van der Waals surface area contributed by atoms with Gasteiger partial charge in [-0.05, 0) is 24.0 Å². The first-order valence-electron chi connectivity index (χ1n) is 8.61. The second kappa shape index (κ2) is 5.23. The lowest BCUT2D eigenvalue weighted by atomic mass is 9.69. The van der Waals surface area contributed by atoms with Crippen molar-refractivity contribution in [2.24, 2.45) is 0 Å². The lowest BCUT2D eigenvalue weighted by molar-refractivity contribution is -0.117. The molecule has 2 nitrogen and oxygen atoms in total. The number of hydrogen-bond acceptors (Lipinski definition) is 1. The molecule has 0 saturated heterocycles. The van der Waals surface area contributed by atoms with Gasteiger partial charge in [0.15, 0.2) is 0 Å². The van der Waals surface area contributed by atoms with Crippen LogP contribution >= 0.6 is 0 Å². The highest BCUT2D eigenvalue weighted by Crippen LogP contribution is 2.54. The van der Waals surface area contributed by atoms with E-state index in [-0.39, 0.29) is 11.3 Å². The average molecular weight is 305 g/mol. The first-order valence-corrected chi connectivity index (χ1v) is 8.61. The van der Waals surface area contributed by atoms with Crippen molar-refractivity contribution in [2.45, 2.75) is 51.0 Å². The quantitative estimate of drug-likeness (QED) is 0.732. The molecule has 0 N–H and O–H groups in total. The Morgan fingerprint density at radius 3 is 2.61 bits per heavy atom. The number of anilines is 1. The van der Waals surface area contributed by atoms with Gasteiger partial charge in [0.2, 0.25) is 5.91 Å². The average Bonchev–Trinajstić information content (AvgIpc) is 2.85. The van der Waals surface area contributed by atoms with Crippen molar-refractivity contribution < 1.29 is 4.79 Å². The summed E-state index contributed by atoms with van der Waals surface area (Å²) in [7, 11) is 0. The van der Waals surface area contributed by atoms with Crippen molar-refractivity contribution >= 4 is 11.6 Å². The number of para-hydroxylation sites is 1. The van der Waals surface area contributed by atoms with Crippen LogP contribution in [0, 0.1) is 0 Å². The molecule has 1 fully saturated rings. The maximum Gasteiger partial charge on any atom is 0.224 e. The van der Waals surface area contributed by atoms with Crippen LogP contribution in [-0.4, -0.2) is 11.9 Å². The van der Waals surface area contributed by atoms with E-state index in [0.717, 1.165) is 12.1 Å². The molecule has 2 aromatic carbocycles. The fraction of sp³-hybridized carbons (Fsp3) is 0.381. The first kappa shape index (κ1) is 14.5. The van der Waals surface area contributed by atoms with E-state index in [1.807, 2.05) is 6.07 Å². The molecule has 1 heterocycles. The van der Waals surface area contributed by atoms with Gasteiger partial charge in [0.05, 0.1) is 5.69 Å². The maximum atomic E-state index is 12.5. The summed E-state index contributed by atoms with van der Waals surface area (Å²) in [6, 6.07) is 17.3. The van der Waals surface area contributed by atoms with Crippen molar-refractivity contribution in [3.8, 4) is 11.1 Å². The van der Waals surface area contributed by atoms with Crippen molar-refractivity contribution in [1.82, 2.24) is 0 Å². The topological polar surface area (TPSA) is 20.3 Å². The Labute approximate surface area is 138 Å². The van der Waals surface area contributed by atoms with Gasteiger partial charge >= 0.3 is 0 Å². The van der Waals surface area contributed by atoms with E-state index in [1.54, 1.807) is 6.92 Å². The molecule has 2 aliphatic rings.